The molecule has 1 aromatic heterocycles. The van der Waals surface area contributed by atoms with Crippen molar-refractivity contribution in [3.05, 3.63) is 29.6 Å². The molecule has 148 valence electrons. The number of hydrogen-bond donors (Lipinski definition) is 1. The molecule has 0 unspecified atom stereocenters. The van der Waals surface area contributed by atoms with Crippen LogP contribution in [0.3, 0.4) is 0 Å². The summed E-state index contributed by atoms with van der Waals surface area (Å²) in [5.41, 5.74) is 2.54. The summed E-state index contributed by atoms with van der Waals surface area (Å²) in [6.45, 7) is 7.05. The molecule has 2 saturated heterocycles. The van der Waals surface area contributed by atoms with Gasteiger partial charge in [0.2, 0.25) is 0 Å². The zero-order valence-electron chi connectivity index (χ0n) is 16.8. The second-order valence-corrected chi connectivity index (χ2v) is 9.04. The standard InChI is InChI=1S/C22H34N4O/c1-18-7-5-10-20(23-18)15-25-13-6-11-22(16-25)12-14-26(17-22)21(27)24-19-8-3-2-4-9-19/h5,7,10,19H,2-4,6,8-9,11-17H2,1H3,(H,24,27)/t22-/m1/s1. The molecule has 2 aliphatic heterocycles. The van der Waals surface area contributed by atoms with E-state index in [-0.39, 0.29) is 11.4 Å². The average Bonchev–Trinajstić information content (AvgIpc) is 3.06. The molecular formula is C22H34N4O. The van der Waals surface area contributed by atoms with Crippen molar-refractivity contribution in [1.82, 2.24) is 20.1 Å². The first-order chi connectivity index (χ1) is 13.1. The van der Waals surface area contributed by atoms with Gasteiger partial charge in [-0.05, 0) is 57.7 Å². The van der Waals surface area contributed by atoms with Gasteiger partial charge in [-0.2, -0.15) is 0 Å². The van der Waals surface area contributed by atoms with Gasteiger partial charge in [0.15, 0.2) is 0 Å². The minimum atomic E-state index is 0.177. The van der Waals surface area contributed by atoms with Crippen molar-refractivity contribution in [2.24, 2.45) is 5.41 Å². The Hall–Kier alpha value is -1.62. The Morgan fingerprint density at radius 2 is 2.00 bits per heavy atom. The Labute approximate surface area is 163 Å². The van der Waals surface area contributed by atoms with Crippen LogP contribution in [0.25, 0.3) is 0 Å². The summed E-state index contributed by atoms with van der Waals surface area (Å²) in [6, 6.07) is 6.87. The van der Waals surface area contributed by atoms with Gasteiger partial charge in [-0.1, -0.05) is 25.3 Å². The zero-order chi connectivity index (χ0) is 18.7. The van der Waals surface area contributed by atoms with Crippen LogP contribution >= 0.6 is 0 Å². The van der Waals surface area contributed by atoms with Gasteiger partial charge in [0.05, 0.1) is 5.69 Å². The molecule has 3 heterocycles. The lowest BCUT2D eigenvalue weighted by molar-refractivity contribution is 0.0885. The number of carbonyl (C=O) groups excluding carboxylic acids is 1. The normalized spacial score (nSPS) is 27.2. The van der Waals surface area contributed by atoms with E-state index in [0.717, 1.165) is 63.4 Å². The molecule has 5 heteroatoms. The van der Waals surface area contributed by atoms with Crippen LogP contribution in [0.5, 0.6) is 0 Å². The third kappa shape index (κ3) is 4.63. The van der Waals surface area contributed by atoms with Crippen molar-refractivity contribution < 1.29 is 4.79 Å². The van der Waals surface area contributed by atoms with Gasteiger partial charge in [-0.3, -0.25) is 9.88 Å². The first kappa shape index (κ1) is 18.7. The fraction of sp³-hybridized carbons (Fsp3) is 0.727. The molecule has 4 rings (SSSR count). The van der Waals surface area contributed by atoms with Crippen molar-refractivity contribution in [3.8, 4) is 0 Å². The first-order valence-corrected chi connectivity index (χ1v) is 10.8. The van der Waals surface area contributed by atoms with Crippen molar-refractivity contribution in [2.75, 3.05) is 26.2 Å². The smallest absolute Gasteiger partial charge is 0.317 e. The number of carbonyl (C=O) groups is 1. The fourth-order valence-electron chi connectivity index (χ4n) is 5.32. The van der Waals surface area contributed by atoms with E-state index in [1.54, 1.807) is 0 Å². The van der Waals surface area contributed by atoms with E-state index >= 15 is 0 Å². The van der Waals surface area contributed by atoms with Gasteiger partial charge in [-0.25, -0.2) is 4.79 Å². The molecule has 3 fully saturated rings. The summed E-state index contributed by atoms with van der Waals surface area (Å²) in [5, 5.41) is 3.30. The summed E-state index contributed by atoms with van der Waals surface area (Å²) in [4.78, 5) is 22.1. The molecule has 1 aromatic rings. The Morgan fingerprint density at radius 3 is 2.81 bits per heavy atom. The van der Waals surface area contributed by atoms with E-state index in [0.29, 0.717) is 6.04 Å². The first-order valence-electron chi connectivity index (χ1n) is 10.8. The van der Waals surface area contributed by atoms with Crippen LogP contribution in [0.2, 0.25) is 0 Å². The number of nitrogens with one attached hydrogen (secondary N) is 1. The highest BCUT2D eigenvalue weighted by Gasteiger charge is 2.43. The van der Waals surface area contributed by atoms with Gasteiger partial charge < -0.3 is 10.2 Å². The van der Waals surface area contributed by atoms with E-state index in [4.69, 9.17) is 0 Å². The second-order valence-electron chi connectivity index (χ2n) is 9.04. The summed E-state index contributed by atoms with van der Waals surface area (Å²) in [5.74, 6) is 0. The topological polar surface area (TPSA) is 48.5 Å². The van der Waals surface area contributed by atoms with Crippen LogP contribution in [0, 0.1) is 12.3 Å². The molecule has 1 saturated carbocycles. The molecule has 1 spiro atoms. The molecule has 1 aliphatic carbocycles. The van der Waals surface area contributed by atoms with Crippen LogP contribution in [0.15, 0.2) is 18.2 Å². The molecule has 27 heavy (non-hydrogen) atoms. The molecule has 3 aliphatic rings. The quantitative estimate of drug-likeness (QED) is 0.882. The van der Waals surface area contributed by atoms with Crippen LogP contribution < -0.4 is 5.32 Å². The maximum absolute atomic E-state index is 12.7. The van der Waals surface area contributed by atoms with Gasteiger partial charge in [-0.15, -0.1) is 0 Å². The minimum absolute atomic E-state index is 0.177. The Morgan fingerprint density at radius 1 is 1.15 bits per heavy atom. The molecular weight excluding hydrogens is 336 g/mol. The number of aromatic nitrogens is 1. The number of hydrogen-bond acceptors (Lipinski definition) is 3. The zero-order valence-corrected chi connectivity index (χ0v) is 16.8. The number of aryl methyl sites for hydroxylation is 1. The van der Waals surface area contributed by atoms with Gasteiger partial charge in [0, 0.05) is 43.3 Å². The van der Waals surface area contributed by atoms with E-state index in [1.165, 1.54) is 32.1 Å². The fourth-order valence-corrected chi connectivity index (χ4v) is 5.32. The largest absolute Gasteiger partial charge is 0.335 e. The lowest BCUT2D eigenvalue weighted by Gasteiger charge is -2.40. The highest BCUT2D eigenvalue weighted by Crippen LogP contribution is 2.39. The predicted molar refractivity (Wildman–Crippen MR) is 108 cm³/mol. The lowest BCUT2D eigenvalue weighted by atomic mass is 9.79. The molecule has 1 N–H and O–H groups in total. The molecule has 2 amide bonds. The highest BCUT2D eigenvalue weighted by molar-refractivity contribution is 5.75. The Kier molecular flexibility index (Phi) is 5.67. The Balaban J connectivity index is 1.32. The van der Waals surface area contributed by atoms with Crippen molar-refractivity contribution in [2.45, 2.75) is 70.9 Å². The van der Waals surface area contributed by atoms with E-state index in [2.05, 4.69) is 45.2 Å². The SMILES string of the molecule is Cc1cccc(CN2CCC[C@@]3(CCN(C(=O)NC4CCCCC4)C3)C2)n1. The maximum atomic E-state index is 12.7. The second kappa shape index (κ2) is 8.17. The van der Waals surface area contributed by atoms with E-state index in [9.17, 15) is 4.79 Å². The van der Waals surface area contributed by atoms with E-state index < -0.39 is 0 Å². The summed E-state index contributed by atoms with van der Waals surface area (Å²) < 4.78 is 0. The number of likely N-dealkylation sites (tertiary alicyclic amines) is 2. The average molecular weight is 371 g/mol. The number of amides is 2. The number of pyridine rings is 1. The number of rotatable bonds is 3. The Bertz CT molecular complexity index is 657. The van der Waals surface area contributed by atoms with Crippen LogP contribution in [-0.4, -0.2) is 53.0 Å². The number of urea groups is 1. The molecule has 5 nitrogen and oxygen atoms in total. The third-order valence-corrected chi connectivity index (χ3v) is 6.73. The van der Waals surface area contributed by atoms with E-state index in [1.807, 2.05) is 0 Å². The number of nitrogens with zero attached hydrogens (tertiary/aromatic N) is 3. The maximum Gasteiger partial charge on any atom is 0.317 e. The highest BCUT2D eigenvalue weighted by atomic mass is 16.2. The van der Waals surface area contributed by atoms with Gasteiger partial charge in [0.25, 0.3) is 0 Å². The lowest BCUT2D eigenvalue weighted by Crippen LogP contribution is -2.48. The third-order valence-electron chi connectivity index (χ3n) is 6.73. The molecule has 0 bridgehead atoms. The predicted octanol–water partition coefficient (Wildman–Crippen LogP) is 3.72. The monoisotopic (exact) mass is 370 g/mol. The van der Waals surface area contributed by atoms with Crippen LogP contribution in [-0.2, 0) is 6.54 Å². The minimum Gasteiger partial charge on any atom is -0.335 e. The van der Waals surface area contributed by atoms with Crippen molar-refractivity contribution in [1.29, 1.82) is 0 Å². The molecule has 1 atom stereocenters. The number of piperidine rings is 1. The van der Waals surface area contributed by atoms with Crippen molar-refractivity contribution in [3.63, 3.8) is 0 Å². The summed E-state index contributed by atoms with van der Waals surface area (Å²) >= 11 is 0. The molecule has 0 aromatic carbocycles. The van der Waals surface area contributed by atoms with Crippen molar-refractivity contribution >= 4 is 6.03 Å². The van der Waals surface area contributed by atoms with Gasteiger partial charge >= 0.3 is 6.03 Å². The van der Waals surface area contributed by atoms with Gasteiger partial charge in [0.1, 0.15) is 0 Å². The van der Waals surface area contributed by atoms with Crippen LogP contribution in [0.4, 0.5) is 4.79 Å². The molecule has 0 radical (unpaired) electrons. The van der Waals surface area contributed by atoms with Crippen LogP contribution in [0.1, 0.15) is 62.8 Å². The summed E-state index contributed by atoms with van der Waals surface area (Å²) in [7, 11) is 0. The summed E-state index contributed by atoms with van der Waals surface area (Å²) in [6.07, 6.45) is 9.77.